The van der Waals surface area contributed by atoms with Gasteiger partial charge in [-0.2, -0.15) is 0 Å². The summed E-state index contributed by atoms with van der Waals surface area (Å²) in [6, 6.07) is 3.41. The summed E-state index contributed by atoms with van der Waals surface area (Å²) in [4.78, 5) is 18.1. The molecule has 0 atom stereocenters. The number of nitrogens with zero attached hydrogens (tertiary/aromatic N) is 2. The molecule has 1 aromatic heterocycles. The lowest BCUT2D eigenvalue weighted by atomic mass is 9.75. The fourth-order valence-corrected chi connectivity index (χ4v) is 2.32. The Morgan fingerprint density at radius 3 is 2.78 bits per heavy atom. The summed E-state index contributed by atoms with van der Waals surface area (Å²) < 4.78 is 0. The van der Waals surface area contributed by atoms with E-state index in [1.807, 2.05) is 0 Å². The van der Waals surface area contributed by atoms with E-state index in [1.165, 1.54) is 6.42 Å². The quantitative estimate of drug-likeness (QED) is 0.829. The summed E-state index contributed by atoms with van der Waals surface area (Å²) in [7, 11) is 4.12. The van der Waals surface area contributed by atoms with E-state index in [-0.39, 0.29) is 17.3 Å². The average molecular weight is 248 g/mol. The van der Waals surface area contributed by atoms with Gasteiger partial charge in [0.2, 0.25) is 0 Å². The number of carbonyl (C=O) groups is 1. The third-order valence-corrected chi connectivity index (χ3v) is 3.89. The molecular formula is C13H20N4O. The van der Waals surface area contributed by atoms with E-state index < -0.39 is 0 Å². The Bertz CT molecular complexity index is 440. The number of likely N-dealkylation sites (N-methyl/N-ethyl adjacent to an activating group) is 1. The Labute approximate surface area is 107 Å². The van der Waals surface area contributed by atoms with Crippen molar-refractivity contribution in [3.63, 3.8) is 0 Å². The van der Waals surface area contributed by atoms with E-state index in [0.29, 0.717) is 12.1 Å². The summed E-state index contributed by atoms with van der Waals surface area (Å²) in [5.41, 5.74) is 6.25. The molecule has 0 aromatic carbocycles. The first kappa shape index (κ1) is 12.8. The standard InChI is InChI=1S/C13H20N4O/c1-17(2)13(6-4-7-13)9-16-12(18)10-5-3-8-15-11(10)14/h3,5,8H,4,6-7,9H2,1-2H3,(H2,14,15)(H,16,18). The zero-order valence-electron chi connectivity index (χ0n) is 10.9. The van der Waals surface area contributed by atoms with Crippen LogP contribution in [0.2, 0.25) is 0 Å². The van der Waals surface area contributed by atoms with Gasteiger partial charge in [-0.15, -0.1) is 0 Å². The number of nitrogens with one attached hydrogen (secondary N) is 1. The minimum atomic E-state index is -0.145. The molecule has 3 N–H and O–H groups in total. The summed E-state index contributed by atoms with van der Waals surface area (Å²) in [5.74, 6) is 0.135. The number of aromatic nitrogens is 1. The second-order valence-corrected chi connectivity index (χ2v) is 5.09. The van der Waals surface area contributed by atoms with Crippen molar-refractivity contribution < 1.29 is 4.79 Å². The predicted molar refractivity (Wildman–Crippen MR) is 71.3 cm³/mol. The minimum Gasteiger partial charge on any atom is -0.383 e. The molecule has 0 saturated heterocycles. The lowest BCUT2D eigenvalue weighted by Crippen LogP contribution is -2.57. The first-order valence-corrected chi connectivity index (χ1v) is 6.21. The van der Waals surface area contributed by atoms with Crippen LogP contribution in [0.4, 0.5) is 5.82 Å². The fourth-order valence-electron chi connectivity index (χ4n) is 2.32. The van der Waals surface area contributed by atoms with Gasteiger partial charge < -0.3 is 16.0 Å². The van der Waals surface area contributed by atoms with E-state index in [1.54, 1.807) is 18.3 Å². The second kappa shape index (κ2) is 4.94. The van der Waals surface area contributed by atoms with Crippen LogP contribution in [0.25, 0.3) is 0 Å². The van der Waals surface area contributed by atoms with Gasteiger partial charge in [-0.3, -0.25) is 4.79 Å². The Morgan fingerprint density at radius 1 is 1.56 bits per heavy atom. The number of amides is 1. The first-order valence-electron chi connectivity index (χ1n) is 6.21. The Kier molecular flexibility index (Phi) is 3.52. The molecule has 5 heteroatoms. The maximum Gasteiger partial charge on any atom is 0.255 e. The molecule has 1 saturated carbocycles. The fraction of sp³-hybridized carbons (Fsp3) is 0.538. The van der Waals surface area contributed by atoms with Crippen LogP contribution in [0.1, 0.15) is 29.6 Å². The molecule has 98 valence electrons. The van der Waals surface area contributed by atoms with Crippen molar-refractivity contribution in [2.75, 3.05) is 26.4 Å². The number of rotatable bonds is 4. The van der Waals surface area contributed by atoms with E-state index in [0.717, 1.165) is 12.8 Å². The highest BCUT2D eigenvalue weighted by molar-refractivity contribution is 5.98. The van der Waals surface area contributed by atoms with Crippen LogP contribution in [0.3, 0.4) is 0 Å². The highest BCUT2D eigenvalue weighted by atomic mass is 16.1. The number of hydrogen-bond acceptors (Lipinski definition) is 4. The highest BCUT2D eigenvalue weighted by Gasteiger charge is 2.39. The average Bonchev–Trinajstić information content (AvgIpc) is 2.27. The van der Waals surface area contributed by atoms with Gasteiger partial charge in [0, 0.05) is 18.3 Å². The maximum absolute atomic E-state index is 12.0. The molecule has 1 aromatic rings. The van der Waals surface area contributed by atoms with Crippen LogP contribution in [0.15, 0.2) is 18.3 Å². The first-order chi connectivity index (χ1) is 8.55. The minimum absolute atomic E-state index is 0.118. The summed E-state index contributed by atoms with van der Waals surface area (Å²) in [6.45, 7) is 0.660. The molecule has 1 aliphatic carbocycles. The van der Waals surface area contributed by atoms with Gasteiger partial charge in [0.05, 0.1) is 5.56 Å². The molecule has 0 aliphatic heterocycles. The van der Waals surface area contributed by atoms with Gasteiger partial charge in [0.1, 0.15) is 5.82 Å². The van der Waals surface area contributed by atoms with E-state index in [4.69, 9.17) is 5.73 Å². The zero-order chi connectivity index (χ0) is 13.2. The molecule has 1 aliphatic rings. The molecule has 2 rings (SSSR count). The number of hydrogen-bond donors (Lipinski definition) is 2. The SMILES string of the molecule is CN(C)C1(CNC(=O)c2cccnc2N)CCC1. The number of nitrogens with two attached hydrogens (primary N) is 1. The second-order valence-electron chi connectivity index (χ2n) is 5.09. The zero-order valence-corrected chi connectivity index (χ0v) is 10.9. The van der Waals surface area contributed by atoms with Crippen LogP contribution in [0, 0.1) is 0 Å². The molecule has 0 radical (unpaired) electrons. The normalized spacial score (nSPS) is 17.3. The molecule has 1 heterocycles. The van der Waals surface area contributed by atoms with Crippen molar-refractivity contribution in [1.82, 2.24) is 15.2 Å². The highest BCUT2D eigenvalue weighted by Crippen LogP contribution is 2.35. The smallest absolute Gasteiger partial charge is 0.255 e. The van der Waals surface area contributed by atoms with E-state index >= 15 is 0 Å². The Hall–Kier alpha value is -1.62. The van der Waals surface area contributed by atoms with Gasteiger partial charge in [-0.05, 0) is 45.5 Å². The largest absolute Gasteiger partial charge is 0.383 e. The molecule has 5 nitrogen and oxygen atoms in total. The predicted octanol–water partition coefficient (Wildman–Crippen LogP) is 0.878. The number of carbonyl (C=O) groups excluding carboxylic acids is 1. The monoisotopic (exact) mass is 248 g/mol. The van der Waals surface area contributed by atoms with Crippen molar-refractivity contribution in [3.05, 3.63) is 23.9 Å². The van der Waals surface area contributed by atoms with Gasteiger partial charge in [0.15, 0.2) is 0 Å². The third kappa shape index (κ3) is 2.31. The van der Waals surface area contributed by atoms with Crippen LogP contribution in [0.5, 0.6) is 0 Å². The topological polar surface area (TPSA) is 71.2 Å². The molecule has 1 fully saturated rings. The van der Waals surface area contributed by atoms with Crippen molar-refractivity contribution in [2.45, 2.75) is 24.8 Å². The lowest BCUT2D eigenvalue weighted by molar-refractivity contribution is 0.0558. The van der Waals surface area contributed by atoms with Crippen LogP contribution in [-0.2, 0) is 0 Å². The molecular weight excluding hydrogens is 228 g/mol. The van der Waals surface area contributed by atoms with E-state index in [2.05, 4.69) is 29.3 Å². The Morgan fingerprint density at radius 2 is 2.28 bits per heavy atom. The summed E-state index contributed by atoms with van der Waals surface area (Å²) in [5, 5.41) is 2.96. The molecule has 18 heavy (non-hydrogen) atoms. The van der Waals surface area contributed by atoms with Crippen molar-refractivity contribution >= 4 is 11.7 Å². The summed E-state index contributed by atoms with van der Waals surface area (Å²) in [6.07, 6.45) is 5.06. The molecule has 1 amide bonds. The Balaban J connectivity index is 1.99. The third-order valence-electron chi connectivity index (χ3n) is 3.89. The van der Waals surface area contributed by atoms with Crippen LogP contribution in [-0.4, -0.2) is 42.0 Å². The molecule has 0 bridgehead atoms. The molecule has 0 unspecified atom stereocenters. The van der Waals surface area contributed by atoms with Crippen molar-refractivity contribution in [3.8, 4) is 0 Å². The number of nitrogen functional groups attached to an aromatic ring is 1. The molecule has 0 spiro atoms. The number of pyridine rings is 1. The summed E-state index contributed by atoms with van der Waals surface area (Å²) >= 11 is 0. The van der Waals surface area contributed by atoms with Gasteiger partial charge in [0.25, 0.3) is 5.91 Å². The van der Waals surface area contributed by atoms with Crippen LogP contribution >= 0.6 is 0 Å². The lowest BCUT2D eigenvalue weighted by Gasteiger charge is -2.47. The van der Waals surface area contributed by atoms with Crippen LogP contribution < -0.4 is 11.1 Å². The van der Waals surface area contributed by atoms with E-state index in [9.17, 15) is 4.79 Å². The van der Waals surface area contributed by atoms with Gasteiger partial charge >= 0.3 is 0 Å². The van der Waals surface area contributed by atoms with Gasteiger partial charge in [-0.1, -0.05) is 0 Å². The maximum atomic E-state index is 12.0. The number of anilines is 1. The van der Waals surface area contributed by atoms with Gasteiger partial charge in [-0.25, -0.2) is 4.98 Å². The van der Waals surface area contributed by atoms with Crippen molar-refractivity contribution in [2.24, 2.45) is 0 Å². The van der Waals surface area contributed by atoms with Crippen molar-refractivity contribution in [1.29, 1.82) is 0 Å².